The van der Waals surface area contributed by atoms with Crippen molar-refractivity contribution in [3.8, 4) is 11.5 Å². The summed E-state index contributed by atoms with van der Waals surface area (Å²) in [7, 11) is 0. The number of aromatic nitrogens is 4. The van der Waals surface area contributed by atoms with E-state index in [9.17, 15) is 9.90 Å². The molecule has 1 aromatic carbocycles. The highest BCUT2D eigenvalue weighted by molar-refractivity contribution is 5.74. The topological polar surface area (TPSA) is 126 Å². The van der Waals surface area contributed by atoms with Crippen LogP contribution in [0.3, 0.4) is 0 Å². The Morgan fingerprint density at radius 3 is 2.56 bits per heavy atom. The largest absolute Gasteiger partial charge is 0.490 e. The van der Waals surface area contributed by atoms with Gasteiger partial charge in [0.2, 0.25) is 5.95 Å². The number of nitrogens with one attached hydrogen (secondary N) is 1. The SMILES string of the molecule is CCOc1ccccc1OC1CCCN(c2cncc(Nc3nccc(N4CCC(C(C)(C)C(=O)O)CC4)n3)n2)C1. The van der Waals surface area contributed by atoms with Crippen LogP contribution in [0.2, 0.25) is 0 Å². The number of benzene rings is 1. The Morgan fingerprint density at radius 1 is 1.02 bits per heavy atom. The molecule has 0 amide bonds. The fourth-order valence-corrected chi connectivity index (χ4v) is 5.52. The quantitative estimate of drug-likeness (QED) is 0.355. The Kier molecular flexibility index (Phi) is 8.70. The Hall–Kier alpha value is -4.15. The van der Waals surface area contributed by atoms with E-state index < -0.39 is 11.4 Å². The van der Waals surface area contributed by atoms with Gasteiger partial charge in [-0.15, -0.1) is 0 Å². The zero-order chi connectivity index (χ0) is 28.8. The van der Waals surface area contributed by atoms with Crippen LogP contribution in [0.25, 0.3) is 0 Å². The van der Waals surface area contributed by atoms with E-state index in [2.05, 4.69) is 25.1 Å². The van der Waals surface area contributed by atoms with Crippen LogP contribution in [-0.4, -0.2) is 69.9 Å². The maximum absolute atomic E-state index is 11.7. The zero-order valence-corrected chi connectivity index (χ0v) is 24.0. The van der Waals surface area contributed by atoms with Crippen LogP contribution in [0.15, 0.2) is 48.9 Å². The molecule has 0 saturated carbocycles. The van der Waals surface area contributed by atoms with Crippen LogP contribution in [-0.2, 0) is 4.79 Å². The number of hydrogen-bond acceptors (Lipinski definition) is 10. The molecule has 2 N–H and O–H groups in total. The highest BCUT2D eigenvalue weighted by atomic mass is 16.5. The molecule has 2 fully saturated rings. The highest BCUT2D eigenvalue weighted by Crippen LogP contribution is 2.36. The molecule has 11 heteroatoms. The molecular weight excluding hydrogens is 522 g/mol. The molecule has 3 aromatic rings. The third-order valence-corrected chi connectivity index (χ3v) is 8.04. The van der Waals surface area contributed by atoms with Crippen molar-refractivity contribution in [2.45, 2.75) is 52.6 Å². The molecule has 2 aliphatic heterocycles. The number of carbonyl (C=O) groups is 1. The van der Waals surface area contributed by atoms with Crippen molar-refractivity contribution in [2.24, 2.45) is 11.3 Å². The van der Waals surface area contributed by atoms with Gasteiger partial charge in [0.05, 0.1) is 31.0 Å². The summed E-state index contributed by atoms with van der Waals surface area (Å²) in [5, 5.41) is 12.8. The van der Waals surface area contributed by atoms with Crippen molar-refractivity contribution >= 4 is 29.4 Å². The number of carboxylic acids is 1. The number of aliphatic carboxylic acids is 1. The van der Waals surface area contributed by atoms with E-state index in [1.807, 2.05) is 51.1 Å². The number of hydrogen-bond donors (Lipinski definition) is 2. The Morgan fingerprint density at radius 2 is 1.80 bits per heavy atom. The highest BCUT2D eigenvalue weighted by Gasteiger charge is 2.38. The van der Waals surface area contributed by atoms with Crippen molar-refractivity contribution in [1.82, 2.24) is 19.9 Å². The molecular formula is C30H39N7O4. The number of nitrogens with zero attached hydrogens (tertiary/aromatic N) is 6. The summed E-state index contributed by atoms with van der Waals surface area (Å²) in [5.74, 6) is 3.48. The Labute approximate surface area is 241 Å². The smallest absolute Gasteiger partial charge is 0.309 e. The van der Waals surface area contributed by atoms with Gasteiger partial charge in [0.15, 0.2) is 17.3 Å². The maximum atomic E-state index is 11.7. The zero-order valence-electron chi connectivity index (χ0n) is 24.0. The van der Waals surface area contributed by atoms with Crippen molar-refractivity contribution in [1.29, 1.82) is 0 Å². The minimum Gasteiger partial charge on any atom is -0.490 e. The monoisotopic (exact) mass is 561 g/mol. The van der Waals surface area contributed by atoms with Crippen LogP contribution < -0.4 is 24.6 Å². The van der Waals surface area contributed by atoms with Gasteiger partial charge in [-0.2, -0.15) is 4.98 Å². The van der Waals surface area contributed by atoms with E-state index in [0.717, 1.165) is 68.5 Å². The molecule has 5 rings (SSSR count). The lowest BCUT2D eigenvalue weighted by Gasteiger charge is -2.38. The number of piperidine rings is 2. The van der Waals surface area contributed by atoms with E-state index in [-0.39, 0.29) is 12.0 Å². The van der Waals surface area contributed by atoms with E-state index in [1.165, 1.54) is 0 Å². The predicted molar refractivity (Wildman–Crippen MR) is 157 cm³/mol. The molecule has 1 atom stereocenters. The summed E-state index contributed by atoms with van der Waals surface area (Å²) in [6, 6.07) is 9.66. The second kappa shape index (κ2) is 12.6. The minimum atomic E-state index is -0.743. The van der Waals surface area contributed by atoms with Gasteiger partial charge in [-0.3, -0.25) is 9.78 Å². The normalized spacial score (nSPS) is 18.2. The number of carboxylic acid groups (broad SMARTS) is 1. The summed E-state index contributed by atoms with van der Waals surface area (Å²) in [4.78, 5) is 34.4. The Balaban J connectivity index is 1.21. The van der Waals surface area contributed by atoms with Crippen molar-refractivity contribution < 1.29 is 19.4 Å². The van der Waals surface area contributed by atoms with Crippen LogP contribution in [0.1, 0.15) is 46.5 Å². The van der Waals surface area contributed by atoms with Crippen LogP contribution in [0.4, 0.5) is 23.4 Å². The first-order valence-electron chi connectivity index (χ1n) is 14.4. The van der Waals surface area contributed by atoms with Crippen LogP contribution >= 0.6 is 0 Å². The lowest BCUT2D eigenvalue weighted by Crippen LogP contribution is -2.42. The van der Waals surface area contributed by atoms with Gasteiger partial charge in [0.1, 0.15) is 17.7 Å². The second-order valence-corrected chi connectivity index (χ2v) is 11.1. The Bertz CT molecular complexity index is 1330. The van der Waals surface area contributed by atoms with Gasteiger partial charge in [0.25, 0.3) is 0 Å². The fraction of sp³-hybridized carbons (Fsp3) is 0.500. The number of para-hydroxylation sites is 2. The maximum Gasteiger partial charge on any atom is 0.309 e. The number of rotatable bonds is 10. The molecule has 2 saturated heterocycles. The van der Waals surface area contributed by atoms with E-state index in [1.54, 1.807) is 18.6 Å². The third kappa shape index (κ3) is 6.78. The predicted octanol–water partition coefficient (Wildman–Crippen LogP) is 4.78. The molecule has 11 nitrogen and oxygen atoms in total. The van der Waals surface area contributed by atoms with Gasteiger partial charge in [-0.05, 0) is 70.6 Å². The van der Waals surface area contributed by atoms with E-state index in [4.69, 9.17) is 19.4 Å². The van der Waals surface area contributed by atoms with Crippen LogP contribution in [0.5, 0.6) is 11.5 Å². The molecule has 0 spiro atoms. The average Bonchev–Trinajstić information content (AvgIpc) is 2.99. The molecule has 2 aliphatic rings. The lowest BCUT2D eigenvalue weighted by molar-refractivity contribution is -0.150. The molecule has 0 aliphatic carbocycles. The van der Waals surface area contributed by atoms with Gasteiger partial charge in [-0.1, -0.05) is 12.1 Å². The van der Waals surface area contributed by atoms with E-state index >= 15 is 0 Å². The molecule has 1 unspecified atom stereocenters. The van der Waals surface area contributed by atoms with E-state index in [0.29, 0.717) is 24.9 Å². The molecule has 0 bridgehead atoms. The summed E-state index contributed by atoms with van der Waals surface area (Å²) >= 11 is 0. The third-order valence-electron chi connectivity index (χ3n) is 8.04. The number of ether oxygens (including phenoxy) is 2. The van der Waals surface area contributed by atoms with Crippen molar-refractivity contribution in [2.75, 3.05) is 47.9 Å². The molecule has 0 radical (unpaired) electrons. The first-order chi connectivity index (χ1) is 19.8. The molecule has 218 valence electrons. The van der Waals surface area contributed by atoms with Gasteiger partial charge < -0.3 is 29.7 Å². The molecule has 41 heavy (non-hydrogen) atoms. The van der Waals surface area contributed by atoms with Crippen LogP contribution in [0, 0.1) is 11.3 Å². The summed E-state index contributed by atoms with van der Waals surface area (Å²) < 4.78 is 12.1. The first kappa shape index (κ1) is 28.4. The minimum absolute atomic E-state index is 0.00833. The summed E-state index contributed by atoms with van der Waals surface area (Å²) in [5.41, 5.74) is -0.734. The summed E-state index contributed by atoms with van der Waals surface area (Å²) in [6.45, 7) is 9.24. The van der Waals surface area contributed by atoms with Gasteiger partial charge in [0, 0.05) is 25.8 Å². The lowest BCUT2D eigenvalue weighted by atomic mass is 9.74. The number of anilines is 4. The van der Waals surface area contributed by atoms with Crippen molar-refractivity contribution in [3.05, 3.63) is 48.9 Å². The average molecular weight is 562 g/mol. The fourth-order valence-electron chi connectivity index (χ4n) is 5.52. The standard InChI is InChI=1S/C30H39N7O4/c1-4-40-23-9-5-6-10-24(23)41-22-8-7-15-37(20-22)27-19-31-18-25(33-27)34-29-32-14-11-26(35-29)36-16-12-21(13-17-36)30(2,3)28(38)39/h5-6,9-11,14,18-19,21-22H,4,7-8,12-13,15-17,20H2,1-3H3,(H,38,39)(H,32,33,34,35). The van der Waals surface area contributed by atoms with Crippen molar-refractivity contribution in [3.63, 3.8) is 0 Å². The van der Waals surface area contributed by atoms with Gasteiger partial charge in [-0.25, -0.2) is 9.97 Å². The molecule has 4 heterocycles. The second-order valence-electron chi connectivity index (χ2n) is 11.1. The molecule has 2 aromatic heterocycles. The van der Waals surface area contributed by atoms with Gasteiger partial charge >= 0.3 is 5.97 Å². The first-order valence-corrected chi connectivity index (χ1v) is 14.4. The summed E-state index contributed by atoms with van der Waals surface area (Å²) in [6.07, 6.45) is 8.70.